The fourth-order valence-corrected chi connectivity index (χ4v) is 1.69. The molecule has 0 atom stereocenters. The Kier molecular flexibility index (Phi) is 4.79. The van der Waals surface area contributed by atoms with E-state index in [0.717, 1.165) is 11.3 Å². The normalized spacial score (nSPS) is 10.3. The van der Waals surface area contributed by atoms with Crippen molar-refractivity contribution in [3.63, 3.8) is 0 Å². The topological polar surface area (TPSA) is 57.9 Å². The summed E-state index contributed by atoms with van der Waals surface area (Å²) in [5, 5.41) is 0. The molecule has 0 aliphatic carbocycles. The predicted octanol–water partition coefficient (Wildman–Crippen LogP) is 2.79. The summed E-state index contributed by atoms with van der Waals surface area (Å²) in [5.41, 5.74) is 0.848. The highest BCUT2D eigenvalue weighted by molar-refractivity contribution is 5.86. The number of furan rings is 1. The molecule has 0 saturated heterocycles. The summed E-state index contributed by atoms with van der Waals surface area (Å²) in [4.78, 5) is 11.8. The highest BCUT2D eigenvalue weighted by Crippen LogP contribution is 2.15. The smallest absolute Gasteiger partial charge is 0.374 e. The highest BCUT2D eigenvalue weighted by Gasteiger charge is 2.13. The molecular formula is C15H16O5. The van der Waals surface area contributed by atoms with Gasteiger partial charge in [0.15, 0.2) is 0 Å². The van der Waals surface area contributed by atoms with Crippen LogP contribution in [0.1, 0.15) is 21.9 Å². The maximum atomic E-state index is 11.8. The molecule has 20 heavy (non-hydrogen) atoms. The zero-order valence-corrected chi connectivity index (χ0v) is 11.4. The van der Waals surface area contributed by atoms with Crippen LogP contribution in [0.3, 0.4) is 0 Å². The molecule has 0 saturated carbocycles. The van der Waals surface area contributed by atoms with E-state index in [0.29, 0.717) is 12.4 Å². The third kappa shape index (κ3) is 3.61. The van der Waals surface area contributed by atoms with E-state index >= 15 is 0 Å². The van der Waals surface area contributed by atoms with Gasteiger partial charge in [-0.1, -0.05) is 12.1 Å². The van der Waals surface area contributed by atoms with Crippen LogP contribution in [0, 0.1) is 0 Å². The summed E-state index contributed by atoms with van der Waals surface area (Å²) in [7, 11) is 3.15. The van der Waals surface area contributed by atoms with Crippen LogP contribution in [0.5, 0.6) is 5.75 Å². The molecule has 2 rings (SSSR count). The lowest BCUT2D eigenvalue weighted by atomic mass is 10.2. The predicted molar refractivity (Wildman–Crippen MR) is 71.5 cm³/mol. The second-order valence-corrected chi connectivity index (χ2v) is 4.13. The molecule has 1 aromatic heterocycles. The van der Waals surface area contributed by atoms with Crippen LogP contribution < -0.4 is 4.74 Å². The first kappa shape index (κ1) is 14.1. The van der Waals surface area contributed by atoms with E-state index in [1.807, 2.05) is 24.3 Å². The van der Waals surface area contributed by atoms with E-state index in [-0.39, 0.29) is 12.4 Å². The Morgan fingerprint density at radius 1 is 1.15 bits per heavy atom. The zero-order valence-electron chi connectivity index (χ0n) is 11.4. The average molecular weight is 276 g/mol. The molecule has 0 amide bonds. The van der Waals surface area contributed by atoms with Crippen molar-refractivity contribution in [3.8, 4) is 5.75 Å². The van der Waals surface area contributed by atoms with E-state index in [9.17, 15) is 4.79 Å². The standard InChI is InChI=1S/C15H16O5/c1-17-10-13-6-7-14(20-13)15(16)19-9-11-4-3-5-12(8-11)18-2/h3-8H,9-10H2,1-2H3. The van der Waals surface area contributed by atoms with Crippen molar-refractivity contribution in [3.05, 3.63) is 53.5 Å². The number of hydrogen-bond acceptors (Lipinski definition) is 5. The highest BCUT2D eigenvalue weighted by atomic mass is 16.5. The molecule has 0 aliphatic heterocycles. The van der Waals surface area contributed by atoms with Gasteiger partial charge in [0.05, 0.1) is 7.11 Å². The van der Waals surface area contributed by atoms with Gasteiger partial charge < -0.3 is 18.6 Å². The third-order valence-electron chi connectivity index (χ3n) is 2.65. The molecule has 1 aromatic carbocycles. The Morgan fingerprint density at radius 2 is 2.00 bits per heavy atom. The minimum Gasteiger partial charge on any atom is -0.497 e. The van der Waals surface area contributed by atoms with Crippen molar-refractivity contribution in [1.29, 1.82) is 0 Å². The number of carbonyl (C=O) groups excluding carboxylic acids is 1. The lowest BCUT2D eigenvalue weighted by Crippen LogP contribution is -2.04. The molecule has 0 unspecified atom stereocenters. The maximum Gasteiger partial charge on any atom is 0.374 e. The van der Waals surface area contributed by atoms with E-state index in [2.05, 4.69) is 0 Å². The lowest BCUT2D eigenvalue weighted by molar-refractivity contribution is 0.0429. The summed E-state index contributed by atoms with van der Waals surface area (Å²) < 4.78 is 20.5. The number of esters is 1. The molecule has 0 aliphatic rings. The van der Waals surface area contributed by atoms with E-state index < -0.39 is 5.97 Å². The van der Waals surface area contributed by atoms with Crippen LogP contribution in [0.15, 0.2) is 40.8 Å². The Bertz CT molecular complexity index is 573. The molecule has 1 heterocycles. The summed E-state index contributed by atoms with van der Waals surface area (Å²) in [6, 6.07) is 10.6. The summed E-state index contributed by atoms with van der Waals surface area (Å²) >= 11 is 0. The minimum absolute atomic E-state index is 0.163. The molecule has 0 bridgehead atoms. The van der Waals surface area contributed by atoms with Gasteiger partial charge in [0.2, 0.25) is 5.76 Å². The minimum atomic E-state index is -0.504. The number of carbonyl (C=O) groups is 1. The van der Waals surface area contributed by atoms with Crippen molar-refractivity contribution in [2.75, 3.05) is 14.2 Å². The molecule has 5 nitrogen and oxygen atoms in total. The molecule has 0 spiro atoms. The van der Waals surface area contributed by atoms with Gasteiger partial charge in [-0.05, 0) is 29.8 Å². The van der Waals surface area contributed by atoms with Crippen molar-refractivity contribution in [2.45, 2.75) is 13.2 Å². The lowest BCUT2D eigenvalue weighted by Gasteiger charge is -2.05. The molecule has 5 heteroatoms. The van der Waals surface area contributed by atoms with Gasteiger partial charge >= 0.3 is 5.97 Å². The van der Waals surface area contributed by atoms with Gasteiger partial charge in [-0.25, -0.2) is 4.79 Å². The van der Waals surface area contributed by atoms with Crippen molar-refractivity contribution in [1.82, 2.24) is 0 Å². The fraction of sp³-hybridized carbons (Fsp3) is 0.267. The first-order valence-corrected chi connectivity index (χ1v) is 6.10. The van der Waals surface area contributed by atoms with E-state index in [1.165, 1.54) is 0 Å². The van der Waals surface area contributed by atoms with Crippen molar-refractivity contribution in [2.24, 2.45) is 0 Å². The van der Waals surface area contributed by atoms with Gasteiger partial charge in [-0.15, -0.1) is 0 Å². The third-order valence-corrected chi connectivity index (χ3v) is 2.65. The number of methoxy groups -OCH3 is 2. The summed E-state index contributed by atoms with van der Waals surface area (Å²) in [6.45, 7) is 0.486. The van der Waals surface area contributed by atoms with Crippen LogP contribution >= 0.6 is 0 Å². The van der Waals surface area contributed by atoms with Crippen molar-refractivity contribution >= 4 is 5.97 Å². The quantitative estimate of drug-likeness (QED) is 0.759. The number of hydrogen-bond donors (Lipinski definition) is 0. The fourth-order valence-electron chi connectivity index (χ4n) is 1.69. The van der Waals surface area contributed by atoms with Gasteiger partial charge in [0, 0.05) is 7.11 Å². The van der Waals surface area contributed by atoms with Gasteiger partial charge in [-0.3, -0.25) is 0 Å². The van der Waals surface area contributed by atoms with Crippen LogP contribution in [-0.2, 0) is 22.7 Å². The molecule has 2 aromatic rings. The average Bonchev–Trinajstić information content (AvgIpc) is 2.94. The Morgan fingerprint density at radius 3 is 2.75 bits per heavy atom. The Hall–Kier alpha value is -2.27. The first-order chi connectivity index (χ1) is 9.72. The second-order valence-electron chi connectivity index (χ2n) is 4.13. The monoisotopic (exact) mass is 276 g/mol. The SMILES string of the molecule is COCc1ccc(C(=O)OCc2cccc(OC)c2)o1. The molecular weight excluding hydrogens is 260 g/mol. The number of rotatable bonds is 6. The van der Waals surface area contributed by atoms with Gasteiger partial charge in [0.25, 0.3) is 0 Å². The summed E-state index contributed by atoms with van der Waals surface area (Å²) in [6.07, 6.45) is 0. The van der Waals surface area contributed by atoms with Crippen LogP contribution in [-0.4, -0.2) is 20.2 Å². The van der Waals surface area contributed by atoms with Gasteiger partial charge in [0.1, 0.15) is 24.7 Å². The second kappa shape index (κ2) is 6.77. The van der Waals surface area contributed by atoms with Crippen LogP contribution in [0.4, 0.5) is 0 Å². The Balaban J connectivity index is 1.93. The number of benzene rings is 1. The van der Waals surface area contributed by atoms with E-state index in [4.69, 9.17) is 18.6 Å². The van der Waals surface area contributed by atoms with Gasteiger partial charge in [-0.2, -0.15) is 0 Å². The Labute approximate surface area is 117 Å². The van der Waals surface area contributed by atoms with Crippen LogP contribution in [0.2, 0.25) is 0 Å². The summed E-state index contributed by atoms with van der Waals surface area (Å²) in [5.74, 6) is 0.967. The maximum absolute atomic E-state index is 11.8. The zero-order chi connectivity index (χ0) is 14.4. The number of ether oxygens (including phenoxy) is 3. The first-order valence-electron chi connectivity index (χ1n) is 6.10. The molecule has 106 valence electrons. The molecule has 0 N–H and O–H groups in total. The largest absolute Gasteiger partial charge is 0.497 e. The van der Waals surface area contributed by atoms with Crippen LogP contribution in [0.25, 0.3) is 0 Å². The molecule has 0 radical (unpaired) electrons. The molecule has 0 fully saturated rings. The van der Waals surface area contributed by atoms with Crippen molar-refractivity contribution < 1.29 is 23.4 Å². The van der Waals surface area contributed by atoms with E-state index in [1.54, 1.807) is 26.4 Å².